The number of aromatic carboxylic acids is 1. The SMILES string of the molecule is C/C=C(\SC(=C(C)CC)c1ccc(F)cc1)N(O)Nc1cccc(C(=O)O)c1. The van der Waals surface area contributed by atoms with E-state index in [0.717, 1.165) is 27.6 Å². The van der Waals surface area contributed by atoms with Crippen molar-refractivity contribution in [3.05, 3.63) is 82.2 Å². The minimum absolute atomic E-state index is 0.113. The van der Waals surface area contributed by atoms with Gasteiger partial charge in [-0.05, 0) is 56.2 Å². The number of halogens is 1. The largest absolute Gasteiger partial charge is 0.478 e. The monoisotopic (exact) mass is 402 g/mol. The van der Waals surface area contributed by atoms with Gasteiger partial charge in [-0.25, -0.2) is 9.18 Å². The molecule has 5 nitrogen and oxygen atoms in total. The van der Waals surface area contributed by atoms with Crippen molar-refractivity contribution in [2.75, 3.05) is 5.43 Å². The fourth-order valence-electron chi connectivity index (χ4n) is 2.38. The quantitative estimate of drug-likeness (QED) is 0.472. The number of hydrazine groups is 1. The lowest BCUT2D eigenvalue weighted by molar-refractivity contribution is -0.0190. The molecule has 0 atom stereocenters. The molecule has 0 bridgehead atoms. The number of hydrogen-bond donors (Lipinski definition) is 3. The van der Waals surface area contributed by atoms with Crippen LogP contribution in [0.3, 0.4) is 0 Å². The molecule has 0 saturated carbocycles. The van der Waals surface area contributed by atoms with E-state index in [1.165, 1.54) is 36.0 Å². The Kier molecular flexibility index (Phi) is 7.66. The fraction of sp³-hybridized carbons (Fsp3) is 0.190. The van der Waals surface area contributed by atoms with Gasteiger partial charge in [0.2, 0.25) is 0 Å². The Labute approximate surface area is 168 Å². The van der Waals surface area contributed by atoms with Gasteiger partial charge in [0.1, 0.15) is 10.8 Å². The molecule has 0 heterocycles. The average molecular weight is 402 g/mol. The van der Waals surface area contributed by atoms with Crippen molar-refractivity contribution in [2.45, 2.75) is 27.2 Å². The van der Waals surface area contributed by atoms with Crippen LogP contribution >= 0.6 is 11.8 Å². The average Bonchev–Trinajstić information content (AvgIpc) is 2.69. The van der Waals surface area contributed by atoms with Crippen LogP contribution in [0.1, 0.15) is 43.1 Å². The van der Waals surface area contributed by atoms with Gasteiger partial charge in [0, 0.05) is 4.91 Å². The molecule has 0 aliphatic carbocycles. The van der Waals surface area contributed by atoms with E-state index < -0.39 is 5.97 Å². The van der Waals surface area contributed by atoms with E-state index in [2.05, 4.69) is 5.43 Å². The second-order valence-corrected chi connectivity index (χ2v) is 7.04. The topological polar surface area (TPSA) is 72.8 Å². The van der Waals surface area contributed by atoms with Gasteiger partial charge in [-0.1, -0.05) is 48.5 Å². The number of nitrogens with zero attached hydrogens (tertiary/aromatic N) is 1. The van der Waals surface area contributed by atoms with Crippen molar-refractivity contribution in [3.8, 4) is 0 Å². The van der Waals surface area contributed by atoms with Crippen LogP contribution in [-0.2, 0) is 0 Å². The summed E-state index contributed by atoms with van der Waals surface area (Å²) in [5.41, 5.74) is 5.26. The van der Waals surface area contributed by atoms with Crippen LogP contribution in [0, 0.1) is 5.82 Å². The number of carboxylic acids is 1. The Hall–Kier alpha value is -2.77. The van der Waals surface area contributed by atoms with Gasteiger partial charge in [-0.2, -0.15) is 5.17 Å². The van der Waals surface area contributed by atoms with Crippen LogP contribution in [0.2, 0.25) is 0 Å². The number of rotatable bonds is 8. The van der Waals surface area contributed by atoms with E-state index in [0.29, 0.717) is 10.7 Å². The number of thioether (sulfide) groups is 1. The molecule has 0 unspecified atom stereocenters. The van der Waals surface area contributed by atoms with Gasteiger partial charge in [-0.15, -0.1) is 0 Å². The van der Waals surface area contributed by atoms with E-state index in [-0.39, 0.29) is 11.4 Å². The summed E-state index contributed by atoms with van der Waals surface area (Å²) in [5.74, 6) is -1.36. The van der Waals surface area contributed by atoms with E-state index >= 15 is 0 Å². The van der Waals surface area contributed by atoms with E-state index in [1.807, 2.05) is 13.8 Å². The molecule has 0 aliphatic heterocycles. The Morgan fingerprint density at radius 1 is 1.21 bits per heavy atom. The maximum Gasteiger partial charge on any atom is 0.335 e. The molecular weight excluding hydrogens is 379 g/mol. The Morgan fingerprint density at radius 3 is 2.46 bits per heavy atom. The summed E-state index contributed by atoms with van der Waals surface area (Å²) in [4.78, 5) is 12.0. The highest BCUT2D eigenvalue weighted by atomic mass is 32.2. The third-order valence-corrected chi connectivity index (χ3v) is 5.44. The van der Waals surface area contributed by atoms with Crippen molar-refractivity contribution in [3.63, 3.8) is 0 Å². The van der Waals surface area contributed by atoms with E-state index in [4.69, 9.17) is 5.11 Å². The van der Waals surface area contributed by atoms with Crippen molar-refractivity contribution >= 4 is 28.3 Å². The summed E-state index contributed by atoms with van der Waals surface area (Å²) in [7, 11) is 0. The van der Waals surface area contributed by atoms with Gasteiger partial charge >= 0.3 is 5.97 Å². The minimum Gasteiger partial charge on any atom is -0.478 e. The third-order valence-electron chi connectivity index (χ3n) is 4.03. The molecule has 0 aliphatic rings. The molecule has 3 N–H and O–H groups in total. The third kappa shape index (κ3) is 5.61. The van der Waals surface area contributed by atoms with Gasteiger partial charge in [0.05, 0.1) is 11.3 Å². The molecule has 28 heavy (non-hydrogen) atoms. The highest BCUT2D eigenvalue weighted by Gasteiger charge is 2.15. The highest BCUT2D eigenvalue weighted by Crippen LogP contribution is 2.38. The molecule has 0 fully saturated rings. The molecule has 0 radical (unpaired) electrons. The number of nitrogens with one attached hydrogen (secondary N) is 1. The van der Waals surface area contributed by atoms with Crippen molar-refractivity contribution in [2.24, 2.45) is 0 Å². The summed E-state index contributed by atoms with van der Waals surface area (Å²) < 4.78 is 13.3. The standard InChI is InChI=1S/C21H23FN2O3S/c1-4-14(3)20(15-9-11-17(22)12-10-15)28-19(5-2)24(27)23-18-8-6-7-16(13-18)21(25)26/h5-13,23,27H,4H2,1-3H3,(H,25,26)/b19-5-,20-14?. The van der Waals surface area contributed by atoms with Crippen molar-refractivity contribution < 1.29 is 19.5 Å². The number of carboxylic acid groups (broad SMARTS) is 1. The number of benzene rings is 2. The molecule has 7 heteroatoms. The number of hydrogen-bond acceptors (Lipinski definition) is 5. The zero-order chi connectivity index (χ0) is 20.7. The van der Waals surface area contributed by atoms with Crippen LogP contribution in [0.25, 0.3) is 4.91 Å². The maximum atomic E-state index is 13.3. The highest BCUT2D eigenvalue weighted by molar-refractivity contribution is 8.11. The summed E-state index contributed by atoms with van der Waals surface area (Å²) in [6.45, 7) is 5.80. The van der Waals surface area contributed by atoms with Crippen molar-refractivity contribution in [1.82, 2.24) is 5.17 Å². The lowest BCUT2D eigenvalue weighted by Gasteiger charge is -2.23. The first-order chi connectivity index (χ1) is 13.3. The van der Waals surface area contributed by atoms with Crippen LogP contribution in [0.4, 0.5) is 10.1 Å². The van der Waals surface area contributed by atoms with E-state index in [1.54, 1.807) is 37.3 Å². The lowest BCUT2D eigenvalue weighted by Crippen LogP contribution is -2.24. The summed E-state index contributed by atoms with van der Waals surface area (Å²) in [6.07, 6.45) is 2.53. The smallest absolute Gasteiger partial charge is 0.335 e. The lowest BCUT2D eigenvalue weighted by atomic mass is 10.1. The molecule has 148 valence electrons. The predicted molar refractivity (Wildman–Crippen MR) is 111 cm³/mol. The van der Waals surface area contributed by atoms with Crippen LogP contribution in [0.5, 0.6) is 0 Å². The first kappa shape index (κ1) is 21.5. The van der Waals surface area contributed by atoms with Crippen molar-refractivity contribution in [1.29, 1.82) is 0 Å². The molecule has 2 aromatic rings. The molecule has 2 aromatic carbocycles. The molecule has 0 saturated heterocycles. The first-order valence-corrected chi connectivity index (χ1v) is 9.56. The number of allylic oxidation sites excluding steroid dienone is 2. The van der Waals surface area contributed by atoms with E-state index in [9.17, 15) is 14.4 Å². The number of anilines is 1. The zero-order valence-corrected chi connectivity index (χ0v) is 16.8. The molecule has 0 aromatic heterocycles. The number of carbonyl (C=O) groups is 1. The Morgan fingerprint density at radius 2 is 1.89 bits per heavy atom. The summed E-state index contributed by atoms with van der Waals surface area (Å²) in [6, 6.07) is 12.4. The summed E-state index contributed by atoms with van der Waals surface area (Å²) >= 11 is 1.33. The van der Waals surface area contributed by atoms with Gasteiger partial charge in [-0.3, -0.25) is 10.6 Å². The van der Waals surface area contributed by atoms with Gasteiger partial charge < -0.3 is 5.11 Å². The molecule has 2 rings (SSSR count). The maximum absolute atomic E-state index is 13.3. The zero-order valence-electron chi connectivity index (χ0n) is 15.9. The normalized spacial score (nSPS) is 12.4. The second kappa shape index (κ2) is 9.96. The summed E-state index contributed by atoms with van der Waals surface area (Å²) in [5, 5.41) is 20.9. The second-order valence-electron chi connectivity index (χ2n) is 6.01. The Bertz CT molecular complexity index is 895. The fourth-order valence-corrected chi connectivity index (χ4v) is 3.41. The Balaban J connectivity index is 2.24. The number of hydroxylamine groups is 1. The van der Waals surface area contributed by atoms with Gasteiger partial charge in [0.15, 0.2) is 0 Å². The van der Waals surface area contributed by atoms with Crippen LogP contribution in [-0.4, -0.2) is 21.5 Å². The molecular formula is C21H23FN2O3S. The van der Waals surface area contributed by atoms with Crippen LogP contribution in [0.15, 0.2) is 65.2 Å². The van der Waals surface area contributed by atoms with Crippen LogP contribution < -0.4 is 5.43 Å². The predicted octanol–water partition coefficient (Wildman–Crippen LogP) is 5.98. The molecule has 0 amide bonds. The minimum atomic E-state index is -1.05. The first-order valence-electron chi connectivity index (χ1n) is 8.74. The molecule has 0 spiro atoms. The van der Waals surface area contributed by atoms with Gasteiger partial charge in [0.25, 0.3) is 0 Å².